The molecule has 0 bridgehead atoms. The summed E-state index contributed by atoms with van der Waals surface area (Å²) < 4.78 is 5.28. The predicted molar refractivity (Wildman–Crippen MR) is 115 cm³/mol. The van der Waals surface area contributed by atoms with Crippen molar-refractivity contribution in [3.05, 3.63) is 35.7 Å². The molecule has 4 nitrogen and oxygen atoms in total. The molecule has 0 saturated heterocycles. The minimum atomic E-state index is -0.542. The lowest BCUT2D eigenvalue weighted by Crippen LogP contribution is -2.14. The number of nitrogens with zero attached hydrogens (tertiary/aromatic N) is 1. The summed E-state index contributed by atoms with van der Waals surface area (Å²) >= 11 is 0. The number of rotatable bonds is 16. The van der Waals surface area contributed by atoms with E-state index in [1.54, 1.807) is 30.6 Å². The summed E-state index contributed by atoms with van der Waals surface area (Å²) in [6, 6.07) is 3.57. The summed E-state index contributed by atoms with van der Waals surface area (Å²) in [7, 11) is 0. The van der Waals surface area contributed by atoms with Gasteiger partial charge in [0.1, 0.15) is 5.57 Å². The van der Waals surface area contributed by atoms with E-state index in [0.717, 1.165) is 18.4 Å². The van der Waals surface area contributed by atoms with Crippen LogP contribution in [0.15, 0.2) is 30.1 Å². The molecule has 0 aliphatic rings. The maximum absolute atomic E-state index is 12.2. The molecule has 28 heavy (non-hydrogen) atoms. The first-order valence-corrected chi connectivity index (χ1v) is 10.9. The van der Waals surface area contributed by atoms with Crippen LogP contribution in [0.3, 0.4) is 0 Å². The number of pyridine rings is 1. The van der Waals surface area contributed by atoms with E-state index < -0.39 is 5.97 Å². The highest BCUT2D eigenvalue weighted by atomic mass is 16.5. The van der Waals surface area contributed by atoms with Gasteiger partial charge < -0.3 is 4.74 Å². The highest BCUT2D eigenvalue weighted by molar-refractivity contribution is 6.19. The van der Waals surface area contributed by atoms with Gasteiger partial charge >= 0.3 is 5.97 Å². The highest BCUT2D eigenvalue weighted by Crippen LogP contribution is 2.13. The second-order valence-electron chi connectivity index (χ2n) is 7.43. The second-order valence-corrected chi connectivity index (χ2v) is 7.43. The van der Waals surface area contributed by atoms with Crippen molar-refractivity contribution in [2.75, 3.05) is 6.61 Å². The van der Waals surface area contributed by atoms with Crippen LogP contribution in [-0.2, 0) is 14.3 Å². The Labute approximate surface area is 170 Å². The third-order valence-corrected chi connectivity index (χ3v) is 4.83. The number of aromatic nitrogens is 1. The van der Waals surface area contributed by atoms with E-state index in [1.807, 2.05) is 0 Å². The van der Waals surface area contributed by atoms with Crippen LogP contribution in [0.2, 0.25) is 0 Å². The average Bonchev–Trinajstić information content (AvgIpc) is 2.70. The molecule has 0 spiro atoms. The minimum Gasteiger partial charge on any atom is -0.462 e. The smallest absolute Gasteiger partial charge is 0.341 e. The van der Waals surface area contributed by atoms with Gasteiger partial charge in [0, 0.05) is 12.4 Å². The van der Waals surface area contributed by atoms with Gasteiger partial charge in [-0.15, -0.1) is 0 Å². The van der Waals surface area contributed by atoms with Gasteiger partial charge in [-0.3, -0.25) is 9.78 Å². The molecule has 0 radical (unpaired) electrons. The molecule has 4 heteroatoms. The van der Waals surface area contributed by atoms with Gasteiger partial charge in [-0.05, 0) is 31.1 Å². The van der Waals surface area contributed by atoms with Crippen molar-refractivity contribution in [1.29, 1.82) is 0 Å². The summed E-state index contributed by atoms with van der Waals surface area (Å²) in [4.78, 5) is 27.9. The number of hydrogen-bond donors (Lipinski definition) is 0. The normalized spacial score (nSPS) is 11.4. The lowest BCUT2D eigenvalue weighted by molar-refractivity contribution is -0.140. The van der Waals surface area contributed by atoms with Crippen LogP contribution in [-0.4, -0.2) is 23.3 Å². The Kier molecular flexibility index (Phi) is 13.8. The van der Waals surface area contributed by atoms with Crippen molar-refractivity contribution in [2.45, 2.75) is 90.9 Å². The van der Waals surface area contributed by atoms with Crippen molar-refractivity contribution in [3.8, 4) is 0 Å². The predicted octanol–water partition coefficient (Wildman–Crippen LogP) is 6.30. The van der Waals surface area contributed by atoms with Crippen molar-refractivity contribution >= 4 is 17.8 Å². The molecule has 0 unspecified atom stereocenters. The van der Waals surface area contributed by atoms with E-state index in [2.05, 4.69) is 11.9 Å². The van der Waals surface area contributed by atoms with Gasteiger partial charge in [0.25, 0.3) is 0 Å². The van der Waals surface area contributed by atoms with Gasteiger partial charge in [0.15, 0.2) is 5.78 Å². The van der Waals surface area contributed by atoms with Gasteiger partial charge in [-0.2, -0.15) is 0 Å². The number of Topliss-reactive ketones (excluding diaryl/α,β-unsaturated/α-hetero) is 1. The van der Waals surface area contributed by atoms with Gasteiger partial charge in [-0.1, -0.05) is 83.6 Å². The van der Waals surface area contributed by atoms with E-state index in [0.29, 0.717) is 6.61 Å². The lowest BCUT2D eigenvalue weighted by Gasteiger charge is -2.06. The molecule has 1 aromatic rings. The largest absolute Gasteiger partial charge is 0.462 e. The third-order valence-electron chi connectivity index (χ3n) is 4.83. The van der Waals surface area contributed by atoms with Gasteiger partial charge in [0.2, 0.25) is 0 Å². The quantitative estimate of drug-likeness (QED) is 0.110. The van der Waals surface area contributed by atoms with Crippen LogP contribution < -0.4 is 0 Å². The topological polar surface area (TPSA) is 56.3 Å². The standard InChI is InChI=1S/C24H37NO3/c1-3-4-5-6-7-8-9-10-11-12-13-14-18-28-24(27)23(21(2)26)19-22-16-15-17-25-20-22/h15-17,19-20H,3-14,18H2,1-2H3. The number of unbranched alkanes of at least 4 members (excludes halogenated alkanes) is 11. The zero-order valence-corrected chi connectivity index (χ0v) is 17.8. The van der Waals surface area contributed by atoms with Crippen molar-refractivity contribution in [3.63, 3.8) is 0 Å². The van der Waals surface area contributed by atoms with Crippen LogP contribution in [0.1, 0.15) is 96.5 Å². The molecule has 0 fully saturated rings. The second kappa shape index (κ2) is 16.0. The SMILES string of the molecule is CCCCCCCCCCCCCCOC(=O)C(=Cc1cccnc1)C(C)=O. The first kappa shape index (κ1) is 24.1. The zero-order chi connectivity index (χ0) is 20.5. The van der Waals surface area contributed by atoms with Crippen molar-refractivity contribution < 1.29 is 14.3 Å². The van der Waals surface area contributed by atoms with Crippen LogP contribution in [0.4, 0.5) is 0 Å². The summed E-state index contributed by atoms with van der Waals surface area (Å²) in [5.41, 5.74) is 0.793. The van der Waals surface area contributed by atoms with E-state index in [4.69, 9.17) is 4.74 Å². The van der Waals surface area contributed by atoms with Crippen molar-refractivity contribution in [1.82, 2.24) is 4.98 Å². The van der Waals surface area contributed by atoms with E-state index in [1.165, 1.54) is 71.1 Å². The van der Waals surface area contributed by atoms with E-state index >= 15 is 0 Å². The number of carbonyl (C=O) groups excluding carboxylic acids is 2. The summed E-state index contributed by atoms with van der Waals surface area (Å²) in [6.45, 7) is 4.00. The summed E-state index contributed by atoms with van der Waals surface area (Å²) in [6.07, 6.45) is 20.0. The average molecular weight is 388 g/mol. The summed E-state index contributed by atoms with van der Waals surface area (Å²) in [5.74, 6) is -0.831. The first-order chi connectivity index (χ1) is 13.6. The Bertz CT molecular complexity index is 581. The molecule has 0 saturated carbocycles. The molecule has 0 atom stereocenters. The zero-order valence-electron chi connectivity index (χ0n) is 17.8. The van der Waals surface area contributed by atoms with Crippen LogP contribution in [0.25, 0.3) is 6.08 Å². The van der Waals surface area contributed by atoms with Crippen LogP contribution in [0, 0.1) is 0 Å². The van der Waals surface area contributed by atoms with Crippen LogP contribution in [0.5, 0.6) is 0 Å². The van der Waals surface area contributed by atoms with Gasteiger partial charge in [-0.25, -0.2) is 4.79 Å². The number of ether oxygens (including phenoxy) is 1. The number of esters is 1. The molecular formula is C24H37NO3. The molecule has 156 valence electrons. The fourth-order valence-electron chi connectivity index (χ4n) is 3.12. The maximum Gasteiger partial charge on any atom is 0.341 e. The monoisotopic (exact) mass is 387 g/mol. The molecular weight excluding hydrogens is 350 g/mol. The fourth-order valence-corrected chi connectivity index (χ4v) is 3.12. The molecule has 0 aliphatic heterocycles. The Morgan fingerprint density at radius 1 is 0.929 bits per heavy atom. The molecule has 1 heterocycles. The minimum absolute atomic E-state index is 0.0759. The molecule has 0 aliphatic carbocycles. The molecule has 1 aromatic heterocycles. The van der Waals surface area contributed by atoms with Crippen LogP contribution >= 0.6 is 0 Å². The molecule has 0 aromatic carbocycles. The third kappa shape index (κ3) is 11.7. The van der Waals surface area contributed by atoms with Gasteiger partial charge in [0.05, 0.1) is 6.61 Å². The van der Waals surface area contributed by atoms with Crippen molar-refractivity contribution in [2.24, 2.45) is 0 Å². The number of ketones is 1. The summed E-state index contributed by atoms with van der Waals surface area (Å²) in [5, 5.41) is 0. The lowest BCUT2D eigenvalue weighted by atomic mass is 10.1. The molecule has 1 rings (SSSR count). The highest BCUT2D eigenvalue weighted by Gasteiger charge is 2.15. The number of carbonyl (C=O) groups is 2. The maximum atomic E-state index is 12.2. The number of hydrogen-bond acceptors (Lipinski definition) is 4. The van der Waals surface area contributed by atoms with E-state index in [9.17, 15) is 9.59 Å². The molecule has 0 N–H and O–H groups in total. The Hall–Kier alpha value is -1.97. The Balaban J connectivity index is 2.09. The Morgan fingerprint density at radius 2 is 1.50 bits per heavy atom. The first-order valence-electron chi connectivity index (χ1n) is 10.9. The Morgan fingerprint density at radius 3 is 2.00 bits per heavy atom. The fraction of sp³-hybridized carbons (Fsp3) is 0.625. The molecule has 0 amide bonds. The van der Waals surface area contributed by atoms with E-state index in [-0.39, 0.29) is 11.4 Å².